The molecule has 0 saturated carbocycles. The normalized spacial score (nSPS) is 9.58. The van der Waals surface area contributed by atoms with Gasteiger partial charge in [-0.3, -0.25) is 9.78 Å². The molecule has 0 aliphatic rings. The highest BCUT2D eigenvalue weighted by molar-refractivity contribution is 9.10. The van der Waals surface area contributed by atoms with Crippen molar-refractivity contribution in [3.8, 4) is 0 Å². The number of hydrogen-bond donors (Lipinski definition) is 0. The van der Waals surface area contributed by atoms with Gasteiger partial charge < -0.3 is 0 Å². The molecule has 0 saturated heterocycles. The Balaban J connectivity index is 0.000000146. The van der Waals surface area contributed by atoms with Gasteiger partial charge in [-0.15, -0.1) is 0 Å². The van der Waals surface area contributed by atoms with E-state index >= 15 is 0 Å². The van der Waals surface area contributed by atoms with E-state index in [4.69, 9.17) is 0 Å². The molecule has 0 aliphatic heterocycles. The van der Waals surface area contributed by atoms with Crippen LogP contribution in [0.15, 0.2) is 126 Å². The van der Waals surface area contributed by atoms with Crippen LogP contribution in [-0.2, 0) is 0 Å². The molecule has 0 spiro atoms. The number of rotatable bonds is 2. The smallest absolute Gasteiger partial charge is 0.194 e. The van der Waals surface area contributed by atoms with Gasteiger partial charge in [0.05, 0.1) is 5.52 Å². The molecule has 0 unspecified atom stereocenters. The Morgan fingerprint density at radius 1 is 0.677 bits per heavy atom. The minimum absolute atomic E-state index is 0.0445. The van der Waals surface area contributed by atoms with E-state index in [9.17, 15) is 4.79 Å². The molecular weight excluding hydrogens is 450 g/mol. The van der Waals surface area contributed by atoms with E-state index in [0.717, 1.165) is 15.4 Å². The number of hydrogen-bond acceptors (Lipinski definition) is 4. The fourth-order valence-electron chi connectivity index (χ4n) is 2.63. The Morgan fingerprint density at radius 2 is 1.32 bits per heavy atom. The van der Waals surface area contributed by atoms with Crippen molar-refractivity contribution in [2.24, 2.45) is 0 Å². The van der Waals surface area contributed by atoms with Crippen molar-refractivity contribution < 1.29 is 4.79 Å². The van der Waals surface area contributed by atoms with Gasteiger partial charge in [0, 0.05) is 39.6 Å². The maximum atomic E-state index is 12.0. The SMILES string of the molecule is O=C(c1ccccc1)c1ccccc1Br.c1ccc2ncncc2c1.c1ccncc1. The number of fused-ring (bicyclic) bond motifs is 1. The van der Waals surface area contributed by atoms with E-state index in [1.165, 1.54) is 0 Å². The fourth-order valence-corrected chi connectivity index (χ4v) is 3.09. The predicted octanol–water partition coefficient (Wildman–Crippen LogP) is 6.39. The lowest BCUT2D eigenvalue weighted by Gasteiger charge is -2.02. The Morgan fingerprint density at radius 3 is 1.97 bits per heavy atom. The third kappa shape index (κ3) is 6.94. The maximum Gasteiger partial charge on any atom is 0.194 e. The summed E-state index contributed by atoms with van der Waals surface area (Å²) in [4.78, 5) is 23.8. The second-order valence-corrected chi connectivity index (χ2v) is 7.14. The summed E-state index contributed by atoms with van der Waals surface area (Å²) in [5.41, 5.74) is 2.41. The lowest BCUT2D eigenvalue weighted by Crippen LogP contribution is -2.01. The monoisotopic (exact) mass is 469 g/mol. The van der Waals surface area contributed by atoms with Crippen molar-refractivity contribution >= 4 is 32.6 Å². The molecule has 5 aromatic rings. The van der Waals surface area contributed by atoms with E-state index < -0.39 is 0 Å². The first-order chi connectivity index (χ1) is 15.3. The van der Waals surface area contributed by atoms with Crippen LogP contribution in [0.1, 0.15) is 15.9 Å². The van der Waals surface area contributed by atoms with Crippen molar-refractivity contribution in [2.45, 2.75) is 0 Å². The highest BCUT2D eigenvalue weighted by Gasteiger charge is 2.10. The molecule has 5 rings (SSSR count). The summed E-state index contributed by atoms with van der Waals surface area (Å²) in [6.07, 6.45) is 6.87. The zero-order valence-electron chi connectivity index (χ0n) is 16.7. The lowest BCUT2D eigenvalue weighted by molar-refractivity contribution is 0.103. The molecule has 0 fully saturated rings. The van der Waals surface area contributed by atoms with Gasteiger partial charge in [0.15, 0.2) is 5.78 Å². The van der Waals surface area contributed by atoms with Crippen LogP contribution >= 0.6 is 15.9 Å². The van der Waals surface area contributed by atoms with E-state index in [2.05, 4.69) is 30.9 Å². The number of aromatic nitrogens is 3. The standard InChI is InChI=1S/C13H9BrO.C8H6N2.C5H5N/c14-12-9-5-4-8-11(12)13(15)10-6-2-1-3-7-10;1-2-4-8-7(3-1)5-9-6-10-8;1-2-4-6-5-3-1/h1-9H;1-6H;1-5H. The largest absolute Gasteiger partial charge is 0.289 e. The van der Waals surface area contributed by atoms with Crippen molar-refractivity contribution in [2.75, 3.05) is 0 Å². The van der Waals surface area contributed by atoms with Crippen LogP contribution in [0.4, 0.5) is 0 Å². The number of pyridine rings is 1. The molecule has 31 heavy (non-hydrogen) atoms. The molecule has 0 atom stereocenters. The van der Waals surface area contributed by atoms with Crippen LogP contribution in [0.25, 0.3) is 10.9 Å². The first-order valence-corrected chi connectivity index (χ1v) is 10.4. The number of para-hydroxylation sites is 1. The fraction of sp³-hybridized carbons (Fsp3) is 0. The Bertz CT molecular complexity index is 1120. The Kier molecular flexibility index (Phi) is 8.59. The predicted molar refractivity (Wildman–Crippen MR) is 128 cm³/mol. The molecule has 0 amide bonds. The molecule has 0 aliphatic carbocycles. The van der Waals surface area contributed by atoms with Crippen molar-refractivity contribution in [3.63, 3.8) is 0 Å². The molecule has 0 bridgehead atoms. The van der Waals surface area contributed by atoms with E-state index in [-0.39, 0.29) is 5.78 Å². The van der Waals surface area contributed by atoms with Crippen molar-refractivity contribution in [1.29, 1.82) is 0 Å². The third-order valence-electron chi connectivity index (χ3n) is 4.13. The zero-order chi connectivity index (χ0) is 21.7. The molecule has 3 aromatic carbocycles. The number of carbonyl (C=O) groups excluding carboxylic acids is 1. The molecule has 5 heteroatoms. The average Bonchev–Trinajstić information content (AvgIpc) is 2.86. The maximum absolute atomic E-state index is 12.0. The second-order valence-electron chi connectivity index (χ2n) is 6.28. The zero-order valence-corrected chi connectivity index (χ0v) is 18.3. The summed E-state index contributed by atoms with van der Waals surface area (Å²) in [6, 6.07) is 30.3. The minimum Gasteiger partial charge on any atom is -0.289 e. The first-order valence-electron chi connectivity index (χ1n) is 9.60. The van der Waals surface area contributed by atoms with Crippen LogP contribution in [0, 0.1) is 0 Å². The highest BCUT2D eigenvalue weighted by Crippen LogP contribution is 2.19. The third-order valence-corrected chi connectivity index (χ3v) is 4.83. The number of halogens is 1. The number of ketones is 1. The van der Waals surface area contributed by atoms with Gasteiger partial charge >= 0.3 is 0 Å². The van der Waals surface area contributed by atoms with Gasteiger partial charge in [-0.2, -0.15) is 0 Å². The van der Waals surface area contributed by atoms with Crippen LogP contribution in [-0.4, -0.2) is 20.7 Å². The molecule has 2 aromatic heterocycles. The van der Waals surface area contributed by atoms with E-state index in [1.54, 1.807) is 18.7 Å². The summed E-state index contributed by atoms with van der Waals surface area (Å²) in [5, 5.41) is 1.09. The summed E-state index contributed by atoms with van der Waals surface area (Å²) in [7, 11) is 0. The van der Waals surface area contributed by atoms with Gasteiger partial charge in [0.1, 0.15) is 6.33 Å². The molecule has 0 radical (unpaired) electrons. The first kappa shape index (κ1) is 22.0. The van der Waals surface area contributed by atoms with Crippen LogP contribution in [0.2, 0.25) is 0 Å². The summed E-state index contributed by atoms with van der Waals surface area (Å²) in [5.74, 6) is 0.0445. The van der Waals surface area contributed by atoms with Crippen molar-refractivity contribution in [1.82, 2.24) is 15.0 Å². The summed E-state index contributed by atoms with van der Waals surface area (Å²) in [6.45, 7) is 0. The van der Waals surface area contributed by atoms with Crippen LogP contribution < -0.4 is 0 Å². The molecule has 4 nitrogen and oxygen atoms in total. The average molecular weight is 470 g/mol. The quantitative estimate of drug-likeness (QED) is 0.281. The Labute approximate surface area is 189 Å². The molecule has 152 valence electrons. The van der Waals surface area contributed by atoms with Crippen molar-refractivity contribution in [3.05, 3.63) is 138 Å². The number of benzene rings is 3. The number of nitrogens with zero attached hydrogens (tertiary/aromatic N) is 3. The van der Waals surface area contributed by atoms with Gasteiger partial charge in [-0.1, -0.05) is 82.7 Å². The minimum atomic E-state index is 0.0445. The van der Waals surface area contributed by atoms with Crippen LogP contribution in [0.5, 0.6) is 0 Å². The highest BCUT2D eigenvalue weighted by atomic mass is 79.9. The molecule has 0 N–H and O–H groups in total. The van der Waals surface area contributed by atoms with Gasteiger partial charge in [-0.25, -0.2) is 9.97 Å². The topological polar surface area (TPSA) is 55.7 Å². The summed E-state index contributed by atoms with van der Waals surface area (Å²) < 4.78 is 0.832. The van der Waals surface area contributed by atoms with Crippen LogP contribution in [0.3, 0.4) is 0 Å². The van der Waals surface area contributed by atoms with E-state index in [0.29, 0.717) is 11.1 Å². The van der Waals surface area contributed by atoms with Gasteiger partial charge in [0.25, 0.3) is 0 Å². The summed E-state index contributed by atoms with van der Waals surface area (Å²) >= 11 is 3.37. The number of carbonyl (C=O) groups is 1. The Hall–Kier alpha value is -3.70. The van der Waals surface area contributed by atoms with Gasteiger partial charge in [-0.05, 0) is 30.3 Å². The van der Waals surface area contributed by atoms with E-state index in [1.807, 2.05) is 103 Å². The second kappa shape index (κ2) is 12.1. The van der Waals surface area contributed by atoms with Gasteiger partial charge in [0.2, 0.25) is 0 Å². The molecular formula is C26H20BrN3O. The lowest BCUT2D eigenvalue weighted by atomic mass is 10.0. The molecule has 2 heterocycles.